The highest BCUT2D eigenvalue weighted by molar-refractivity contribution is 6.00. The van der Waals surface area contributed by atoms with Crippen molar-refractivity contribution in [2.24, 2.45) is 0 Å². The van der Waals surface area contributed by atoms with Crippen LogP contribution in [0.1, 0.15) is 48.3 Å². The number of amides is 1. The van der Waals surface area contributed by atoms with E-state index >= 15 is 0 Å². The van der Waals surface area contributed by atoms with E-state index in [9.17, 15) is 4.79 Å². The minimum Gasteiger partial charge on any atom is -0.323 e. The summed E-state index contributed by atoms with van der Waals surface area (Å²) in [7, 11) is 0. The van der Waals surface area contributed by atoms with Crippen LogP contribution >= 0.6 is 0 Å². The summed E-state index contributed by atoms with van der Waals surface area (Å²) >= 11 is 0. The highest BCUT2D eigenvalue weighted by Crippen LogP contribution is 2.41. The highest BCUT2D eigenvalue weighted by Gasteiger charge is 2.43. The molecule has 1 unspecified atom stereocenters. The van der Waals surface area contributed by atoms with Crippen molar-refractivity contribution >= 4 is 5.91 Å². The van der Waals surface area contributed by atoms with Gasteiger partial charge < -0.3 is 4.90 Å². The van der Waals surface area contributed by atoms with E-state index in [4.69, 9.17) is 0 Å². The fourth-order valence-electron chi connectivity index (χ4n) is 2.86. The second kappa shape index (κ2) is 4.44. The zero-order chi connectivity index (χ0) is 14.3. The van der Waals surface area contributed by atoms with E-state index in [1.807, 2.05) is 35.4 Å². The first-order chi connectivity index (χ1) is 9.50. The first-order valence-electron chi connectivity index (χ1n) is 6.82. The molecule has 0 saturated carbocycles. The van der Waals surface area contributed by atoms with Gasteiger partial charge in [-0.25, -0.2) is 0 Å². The van der Waals surface area contributed by atoms with Crippen molar-refractivity contribution in [1.82, 2.24) is 9.88 Å². The van der Waals surface area contributed by atoms with Crippen LogP contribution in [-0.2, 0) is 0 Å². The van der Waals surface area contributed by atoms with Gasteiger partial charge >= 0.3 is 0 Å². The van der Waals surface area contributed by atoms with Crippen LogP contribution in [0.15, 0.2) is 48.8 Å². The molecule has 0 bridgehead atoms. The van der Waals surface area contributed by atoms with Crippen LogP contribution in [0.5, 0.6) is 0 Å². The molecule has 2 aromatic rings. The van der Waals surface area contributed by atoms with Gasteiger partial charge in [-0.15, -0.1) is 0 Å². The average Bonchev–Trinajstić information content (AvgIpc) is 2.74. The number of hydrogen-bond donors (Lipinski definition) is 0. The van der Waals surface area contributed by atoms with Gasteiger partial charge in [-0.3, -0.25) is 9.78 Å². The summed E-state index contributed by atoms with van der Waals surface area (Å²) in [6, 6.07) is 11.9. The number of carbonyl (C=O) groups is 1. The molecule has 3 heteroatoms. The first kappa shape index (κ1) is 12.9. The molecule has 2 heterocycles. The maximum absolute atomic E-state index is 12.7. The standard InChI is InChI=1S/C17H18N2O/c1-17(2,3)19-15(12-7-5-4-6-8-12)14-11-18-10-9-13(14)16(19)20/h4-11,15H,1-3H3. The van der Waals surface area contributed by atoms with E-state index in [1.165, 1.54) is 0 Å². The summed E-state index contributed by atoms with van der Waals surface area (Å²) in [6.07, 6.45) is 3.50. The van der Waals surface area contributed by atoms with Crippen LogP contribution in [-0.4, -0.2) is 21.3 Å². The molecular weight excluding hydrogens is 248 g/mol. The molecule has 0 radical (unpaired) electrons. The lowest BCUT2D eigenvalue weighted by atomic mass is 9.96. The number of hydrogen-bond acceptors (Lipinski definition) is 2. The van der Waals surface area contributed by atoms with E-state index in [0.29, 0.717) is 0 Å². The molecule has 20 heavy (non-hydrogen) atoms. The molecule has 3 rings (SSSR count). The Labute approximate surface area is 119 Å². The van der Waals surface area contributed by atoms with Gasteiger partial charge in [0.25, 0.3) is 5.91 Å². The van der Waals surface area contributed by atoms with Gasteiger partial charge in [-0.2, -0.15) is 0 Å². The summed E-state index contributed by atoms with van der Waals surface area (Å²) in [5.41, 5.74) is 2.65. The quantitative estimate of drug-likeness (QED) is 0.792. The van der Waals surface area contributed by atoms with E-state index in [1.54, 1.807) is 6.20 Å². The van der Waals surface area contributed by atoms with Crippen LogP contribution in [0, 0.1) is 0 Å². The third-order valence-corrected chi connectivity index (χ3v) is 3.69. The molecule has 102 valence electrons. The third-order valence-electron chi connectivity index (χ3n) is 3.69. The lowest BCUT2D eigenvalue weighted by Gasteiger charge is -2.37. The summed E-state index contributed by atoms with van der Waals surface area (Å²) < 4.78 is 0. The lowest BCUT2D eigenvalue weighted by molar-refractivity contribution is 0.0552. The van der Waals surface area contributed by atoms with Crippen molar-refractivity contribution in [1.29, 1.82) is 0 Å². The van der Waals surface area contributed by atoms with Crippen molar-refractivity contribution in [2.75, 3.05) is 0 Å². The Morgan fingerprint density at radius 3 is 2.45 bits per heavy atom. The Hall–Kier alpha value is -2.16. The van der Waals surface area contributed by atoms with E-state index < -0.39 is 0 Å². The van der Waals surface area contributed by atoms with Crippen molar-refractivity contribution < 1.29 is 4.79 Å². The van der Waals surface area contributed by atoms with Crippen LogP contribution < -0.4 is 0 Å². The minimum absolute atomic E-state index is 0.0487. The van der Waals surface area contributed by atoms with E-state index in [-0.39, 0.29) is 17.5 Å². The molecule has 0 spiro atoms. The number of benzene rings is 1. The van der Waals surface area contributed by atoms with E-state index in [2.05, 4.69) is 37.9 Å². The zero-order valence-electron chi connectivity index (χ0n) is 12.0. The molecule has 0 saturated heterocycles. The maximum atomic E-state index is 12.7. The van der Waals surface area contributed by atoms with Gasteiger partial charge in [0.1, 0.15) is 0 Å². The number of rotatable bonds is 1. The Kier molecular flexibility index (Phi) is 2.85. The number of aromatic nitrogens is 1. The SMILES string of the molecule is CC(C)(C)N1C(=O)c2ccncc2C1c1ccccc1. The maximum Gasteiger partial charge on any atom is 0.255 e. The predicted octanol–water partition coefficient (Wildman–Crippen LogP) is 3.43. The fraction of sp³-hybridized carbons (Fsp3) is 0.294. The van der Waals surface area contributed by atoms with Gasteiger partial charge in [0.15, 0.2) is 0 Å². The summed E-state index contributed by atoms with van der Waals surface area (Å²) in [4.78, 5) is 18.9. The molecular formula is C17H18N2O. The normalized spacial score (nSPS) is 18.2. The van der Waals surface area contributed by atoms with Crippen molar-refractivity contribution in [3.05, 3.63) is 65.5 Å². The average molecular weight is 266 g/mol. The number of pyridine rings is 1. The van der Waals surface area contributed by atoms with Gasteiger partial charge in [-0.1, -0.05) is 30.3 Å². The largest absolute Gasteiger partial charge is 0.323 e. The topological polar surface area (TPSA) is 33.2 Å². The lowest BCUT2D eigenvalue weighted by Crippen LogP contribution is -2.44. The second-order valence-electron chi connectivity index (χ2n) is 6.12. The molecule has 0 fully saturated rings. The van der Waals surface area contributed by atoms with Crippen molar-refractivity contribution in [3.63, 3.8) is 0 Å². The number of nitrogens with zero attached hydrogens (tertiary/aromatic N) is 2. The fourth-order valence-corrected chi connectivity index (χ4v) is 2.86. The van der Waals surface area contributed by atoms with Crippen LogP contribution in [0.2, 0.25) is 0 Å². The van der Waals surface area contributed by atoms with Crippen LogP contribution in [0.3, 0.4) is 0 Å². The molecule has 1 atom stereocenters. The molecule has 3 nitrogen and oxygen atoms in total. The van der Waals surface area contributed by atoms with Crippen LogP contribution in [0.25, 0.3) is 0 Å². The van der Waals surface area contributed by atoms with E-state index in [0.717, 1.165) is 16.7 Å². The van der Waals surface area contributed by atoms with Crippen LogP contribution in [0.4, 0.5) is 0 Å². The molecule has 1 aromatic heterocycles. The monoisotopic (exact) mass is 266 g/mol. The smallest absolute Gasteiger partial charge is 0.255 e. The Bertz CT molecular complexity index is 644. The van der Waals surface area contributed by atoms with Gasteiger partial charge in [0.05, 0.1) is 6.04 Å². The molecule has 0 aliphatic carbocycles. The molecule has 1 amide bonds. The minimum atomic E-state index is -0.239. The Morgan fingerprint density at radius 1 is 1.10 bits per heavy atom. The zero-order valence-corrected chi connectivity index (χ0v) is 12.0. The molecule has 1 aliphatic rings. The number of carbonyl (C=O) groups excluding carboxylic acids is 1. The first-order valence-corrected chi connectivity index (χ1v) is 6.82. The van der Waals surface area contributed by atoms with Crippen molar-refractivity contribution in [3.8, 4) is 0 Å². The second-order valence-corrected chi connectivity index (χ2v) is 6.12. The molecule has 1 aliphatic heterocycles. The summed E-state index contributed by atoms with van der Waals surface area (Å²) in [5.74, 6) is 0.0868. The summed E-state index contributed by atoms with van der Waals surface area (Å²) in [6.45, 7) is 6.21. The third kappa shape index (κ3) is 1.90. The van der Waals surface area contributed by atoms with Gasteiger partial charge in [0.2, 0.25) is 0 Å². The van der Waals surface area contributed by atoms with Crippen molar-refractivity contribution in [2.45, 2.75) is 32.4 Å². The summed E-state index contributed by atoms with van der Waals surface area (Å²) in [5, 5.41) is 0. The molecule has 0 N–H and O–H groups in total. The van der Waals surface area contributed by atoms with Gasteiger partial charge in [-0.05, 0) is 32.4 Å². The number of fused-ring (bicyclic) bond motifs is 1. The Balaban J connectivity index is 2.20. The molecule has 1 aromatic carbocycles. The Morgan fingerprint density at radius 2 is 1.80 bits per heavy atom. The van der Waals surface area contributed by atoms with Gasteiger partial charge in [0, 0.05) is 29.1 Å². The predicted molar refractivity (Wildman–Crippen MR) is 78.4 cm³/mol. The highest BCUT2D eigenvalue weighted by atomic mass is 16.2.